The van der Waals surface area contributed by atoms with Crippen molar-refractivity contribution in [2.24, 2.45) is 4.99 Å². The lowest BCUT2D eigenvalue weighted by Gasteiger charge is -2.09. The number of amides is 2. The summed E-state index contributed by atoms with van der Waals surface area (Å²) in [6.45, 7) is 0. The lowest BCUT2D eigenvalue weighted by molar-refractivity contribution is 0.259. The third-order valence-corrected chi connectivity index (χ3v) is 4.91. The van der Waals surface area contributed by atoms with Gasteiger partial charge >= 0.3 is 11.7 Å². The van der Waals surface area contributed by atoms with E-state index in [2.05, 4.69) is 31.2 Å². The normalized spacial score (nSPS) is 10.7. The largest absolute Gasteiger partial charge is 0.493 e. The maximum absolute atomic E-state index is 12.1. The molecule has 0 saturated heterocycles. The molecule has 1 aromatic heterocycles. The third kappa shape index (κ3) is 4.86. The Morgan fingerprint density at radius 2 is 1.87 bits per heavy atom. The number of nitrogens with zero attached hydrogens (tertiary/aromatic N) is 3. The van der Waals surface area contributed by atoms with Gasteiger partial charge in [-0.15, -0.1) is 0 Å². The minimum Gasteiger partial charge on any atom is -0.493 e. The van der Waals surface area contributed by atoms with E-state index in [1.54, 1.807) is 48.5 Å². The molecular formula is C19H12BrN5O4S. The van der Waals surface area contributed by atoms with Gasteiger partial charge in [0.2, 0.25) is 5.88 Å². The zero-order valence-corrected chi connectivity index (χ0v) is 17.4. The monoisotopic (exact) mass is 485 g/mol. The van der Waals surface area contributed by atoms with Gasteiger partial charge in [0, 0.05) is 15.1 Å². The zero-order chi connectivity index (χ0) is 21.7. The lowest BCUT2D eigenvalue weighted by atomic mass is 10.3. The number of benzene rings is 2. The van der Waals surface area contributed by atoms with Crippen LogP contribution in [0.2, 0.25) is 0 Å². The number of nitriles is 1. The van der Waals surface area contributed by atoms with E-state index in [-0.39, 0.29) is 5.56 Å². The molecule has 0 aliphatic heterocycles. The van der Waals surface area contributed by atoms with E-state index in [0.717, 1.165) is 27.0 Å². The number of halogens is 1. The molecule has 0 fully saturated rings. The number of thiocyanates is 1. The van der Waals surface area contributed by atoms with E-state index in [9.17, 15) is 19.5 Å². The summed E-state index contributed by atoms with van der Waals surface area (Å²) in [5.41, 5.74) is -1.34. The number of carbonyl (C=O) groups is 1. The van der Waals surface area contributed by atoms with E-state index in [1.807, 2.05) is 5.40 Å². The topological polar surface area (TPSA) is 140 Å². The van der Waals surface area contributed by atoms with Crippen molar-refractivity contribution >= 4 is 45.6 Å². The van der Waals surface area contributed by atoms with Crippen molar-refractivity contribution < 1.29 is 9.90 Å². The molecular weight excluding hydrogens is 474 g/mol. The Bertz CT molecular complexity index is 1270. The minimum absolute atomic E-state index is 0.311. The number of carbonyl (C=O) groups excluding carboxylic acids is 1. The summed E-state index contributed by atoms with van der Waals surface area (Å²) < 4.78 is 1.65. The first-order valence-electron chi connectivity index (χ1n) is 8.24. The smallest absolute Gasteiger partial charge is 0.345 e. The van der Waals surface area contributed by atoms with Crippen LogP contribution >= 0.6 is 27.7 Å². The summed E-state index contributed by atoms with van der Waals surface area (Å²) in [4.78, 5) is 42.7. The summed E-state index contributed by atoms with van der Waals surface area (Å²) in [7, 11) is 0. The molecule has 0 spiro atoms. The number of aliphatic imine (C=N–C) groups is 1. The second-order valence-electron chi connectivity index (χ2n) is 5.71. The Balaban J connectivity index is 1.86. The molecule has 3 aromatic rings. The number of H-pyrrole nitrogens is 1. The number of hydrogen-bond donors (Lipinski definition) is 3. The van der Waals surface area contributed by atoms with Crippen LogP contribution in [0.5, 0.6) is 5.88 Å². The Hall–Kier alpha value is -3.62. The first kappa shape index (κ1) is 21.1. The van der Waals surface area contributed by atoms with Crippen LogP contribution < -0.4 is 16.6 Å². The minimum atomic E-state index is -0.889. The van der Waals surface area contributed by atoms with Crippen LogP contribution in [0.25, 0.3) is 5.69 Å². The molecule has 2 amide bonds. The fourth-order valence-corrected chi connectivity index (χ4v) is 3.06. The maximum Gasteiger partial charge on any atom is 0.345 e. The van der Waals surface area contributed by atoms with Crippen LogP contribution in [0.4, 0.5) is 10.5 Å². The molecule has 0 atom stereocenters. The van der Waals surface area contributed by atoms with Gasteiger partial charge in [0.05, 0.1) is 11.9 Å². The Kier molecular flexibility index (Phi) is 6.51. The van der Waals surface area contributed by atoms with Crippen LogP contribution in [-0.4, -0.2) is 26.9 Å². The van der Waals surface area contributed by atoms with Crippen molar-refractivity contribution in [3.05, 3.63) is 79.4 Å². The number of aromatic amines is 1. The van der Waals surface area contributed by atoms with Crippen LogP contribution in [-0.2, 0) is 0 Å². The van der Waals surface area contributed by atoms with Gasteiger partial charge in [-0.25, -0.2) is 19.1 Å². The zero-order valence-electron chi connectivity index (χ0n) is 15.0. The highest BCUT2D eigenvalue weighted by molar-refractivity contribution is 9.10. The molecule has 0 aliphatic carbocycles. The molecule has 11 heteroatoms. The number of aromatic hydroxyl groups is 1. The van der Waals surface area contributed by atoms with E-state index < -0.39 is 23.2 Å². The summed E-state index contributed by atoms with van der Waals surface area (Å²) in [5, 5.41) is 23.5. The summed E-state index contributed by atoms with van der Waals surface area (Å²) in [5.74, 6) is -0.652. The van der Waals surface area contributed by atoms with Gasteiger partial charge in [-0.3, -0.25) is 9.78 Å². The molecule has 30 heavy (non-hydrogen) atoms. The summed E-state index contributed by atoms with van der Waals surface area (Å²) >= 11 is 4.25. The third-order valence-electron chi connectivity index (χ3n) is 3.79. The molecule has 0 radical (unpaired) electrons. The molecule has 3 rings (SSSR count). The molecule has 0 unspecified atom stereocenters. The predicted octanol–water partition coefficient (Wildman–Crippen LogP) is 3.22. The van der Waals surface area contributed by atoms with Crippen molar-refractivity contribution in [2.75, 3.05) is 5.32 Å². The van der Waals surface area contributed by atoms with E-state index in [4.69, 9.17) is 5.26 Å². The fraction of sp³-hybridized carbons (Fsp3) is 0. The molecule has 0 bridgehead atoms. The molecule has 3 N–H and O–H groups in total. The molecule has 150 valence electrons. The lowest BCUT2D eigenvalue weighted by Crippen LogP contribution is -2.31. The van der Waals surface area contributed by atoms with Crippen LogP contribution in [0.15, 0.2) is 72.5 Å². The standard InChI is InChI=1S/C19H12BrN5O4S/c20-11-1-5-13(6-2-11)25-17(27)15(16(26)24-19(25)29)9-22-18(28)23-12-3-7-14(8-4-12)30-10-21/h1-9,27H,(H,23,28)(H,24,26,29). The molecule has 2 aromatic carbocycles. The van der Waals surface area contributed by atoms with E-state index in [1.165, 1.54) is 0 Å². The van der Waals surface area contributed by atoms with E-state index in [0.29, 0.717) is 16.3 Å². The van der Waals surface area contributed by atoms with Crippen LogP contribution in [0.3, 0.4) is 0 Å². The Morgan fingerprint density at radius 1 is 1.20 bits per heavy atom. The van der Waals surface area contributed by atoms with Crippen LogP contribution in [0, 0.1) is 10.7 Å². The highest BCUT2D eigenvalue weighted by atomic mass is 79.9. The highest BCUT2D eigenvalue weighted by Crippen LogP contribution is 2.20. The summed E-state index contributed by atoms with van der Waals surface area (Å²) in [6, 6.07) is 12.1. The van der Waals surface area contributed by atoms with Crippen molar-refractivity contribution in [3.63, 3.8) is 0 Å². The quantitative estimate of drug-likeness (QED) is 0.294. The maximum atomic E-state index is 12.1. The van der Waals surface area contributed by atoms with Gasteiger partial charge in [-0.1, -0.05) is 15.9 Å². The molecule has 9 nitrogen and oxygen atoms in total. The number of thioether (sulfide) groups is 1. The van der Waals surface area contributed by atoms with Gasteiger partial charge in [-0.2, -0.15) is 5.26 Å². The molecule has 1 heterocycles. The van der Waals surface area contributed by atoms with Gasteiger partial charge < -0.3 is 10.4 Å². The number of anilines is 1. The van der Waals surface area contributed by atoms with Gasteiger partial charge in [-0.05, 0) is 60.3 Å². The van der Waals surface area contributed by atoms with Crippen molar-refractivity contribution in [2.45, 2.75) is 4.90 Å². The molecule has 0 aliphatic rings. The Labute approximate surface area is 181 Å². The van der Waals surface area contributed by atoms with Gasteiger partial charge in [0.15, 0.2) is 0 Å². The van der Waals surface area contributed by atoms with Crippen LogP contribution in [0.1, 0.15) is 5.56 Å². The van der Waals surface area contributed by atoms with Crippen molar-refractivity contribution in [3.8, 4) is 17.0 Å². The second-order valence-corrected chi connectivity index (χ2v) is 7.49. The number of aromatic nitrogens is 2. The number of rotatable bonds is 4. The average molecular weight is 486 g/mol. The molecule has 0 saturated carbocycles. The predicted molar refractivity (Wildman–Crippen MR) is 117 cm³/mol. The Morgan fingerprint density at radius 3 is 2.50 bits per heavy atom. The van der Waals surface area contributed by atoms with Gasteiger partial charge in [0.1, 0.15) is 11.0 Å². The van der Waals surface area contributed by atoms with Crippen molar-refractivity contribution in [1.29, 1.82) is 5.26 Å². The fourth-order valence-electron chi connectivity index (χ4n) is 2.42. The summed E-state index contributed by atoms with van der Waals surface area (Å²) in [6.07, 6.45) is 0.873. The number of urea groups is 1. The highest BCUT2D eigenvalue weighted by Gasteiger charge is 2.14. The van der Waals surface area contributed by atoms with E-state index >= 15 is 0 Å². The number of hydrogen-bond acceptors (Lipinski definition) is 6. The average Bonchev–Trinajstić information content (AvgIpc) is 2.70. The first-order chi connectivity index (χ1) is 14.4. The number of nitrogens with one attached hydrogen (secondary N) is 2. The van der Waals surface area contributed by atoms with Gasteiger partial charge in [0.25, 0.3) is 5.56 Å². The van der Waals surface area contributed by atoms with Crippen molar-refractivity contribution in [1.82, 2.24) is 9.55 Å². The second kappa shape index (κ2) is 9.25. The first-order valence-corrected chi connectivity index (χ1v) is 9.85. The SMILES string of the molecule is N#CSc1ccc(NC(=O)N=Cc2c(O)n(-c3ccc(Br)cc3)c(=O)[nH]c2=O)cc1.